The first kappa shape index (κ1) is 21.6. The van der Waals surface area contributed by atoms with Crippen LogP contribution in [-0.2, 0) is 16.4 Å². The van der Waals surface area contributed by atoms with Crippen LogP contribution in [0.15, 0.2) is 53.4 Å². The second-order valence-corrected chi connectivity index (χ2v) is 9.24. The average molecular weight is 419 g/mol. The molecular formula is C22H30N2O4S. The molecular weight excluding hydrogens is 388 g/mol. The van der Waals surface area contributed by atoms with Gasteiger partial charge in [-0.3, -0.25) is 4.90 Å². The maximum atomic E-state index is 13.2. The molecule has 1 aliphatic rings. The summed E-state index contributed by atoms with van der Waals surface area (Å²) < 4.78 is 38.4. The summed E-state index contributed by atoms with van der Waals surface area (Å²) in [4.78, 5) is 2.53. The summed E-state index contributed by atoms with van der Waals surface area (Å²) in [7, 11) is -0.639. The Labute approximate surface area is 174 Å². The van der Waals surface area contributed by atoms with Crippen LogP contribution >= 0.6 is 0 Å². The fraction of sp³-hybridized carbons (Fsp3) is 0.455. The first-order valence-electron chi connectivity index (χ1n) is 9.96. The summed E-state index contributed by atoms with van der Waals surface area (Å²) in [5.74, 6) is 0.835. The zero-order valence-corrected chi connectivity index (χ0v) is 18.2. The Kier molecular flexibility index (Phi) is 7.16. The lowest BCUT2D eigenvalue weighted by molar-refractivity contribution is 0.140. The van der Waals surface area contributed by atoms with Gasteiger partial charge in [-0.25, -0.2) is 8.42 Å². The van der Waals surface area contributed by atoms with Crippen molar-refractivity contribution in [3.63, 3.8) is 0 Å². The van der Waals surface area contributed by atoms with E-state index in [4.69, 9.17) is 9.47 Å². The fourth-order valence-electron chi connectivity index (χ4n) is 3.71. The quantitative estimate of drug-likeness (QED) is 0.660. The highest BCUT2D eigenvalue weighted by Gasteiger charge is 2.32. The Hall–Kier alpha value is -2.09. The summed E-state index contributed by atoms with van der Waals surface area (Å²) in [5.41, 5.74) is 1.34. The van der Waals surface area contributed by atoms with Crippen molar-refractivity contribution in [1.82, 2.24) is 9.21 Å². The monoisotopic (exact) mass is 418 g/mol. The standard InChI is InChI=1S/C22H30N2O4S/c1-18(9-10-19-7-5-4-6-8-19)23-13-15-24(16-14-23)29(25,26)22-17-20(27-2)11-12-21(22)28-3/h4-8,11-12,17-18H,9-10,13-16H2,1-3H3. The third-order valence-corrected chi connectivity index (χ3v) is 7.50. The highest BCUT2D eigenvalue weighted by Crippen LogP contribution is 2.31. The highest BCUT2D eigenvalue weighted by atomic mass is 32.2. The number of piperazine rings is 1. The van der Waals surface area contributed by atoms with Crippen molar-refractivity contribution < 1.29 is 17.9 Å². The number of rotatable bonds is 8. The summed E-state index contributed by atoms with van der Waals surface area (Å²) in [6, 6.07) is 15.7. The summed E-state index contributed by atoms with van der Waals surface area (Å²) >= 11 is 0. The minimum absolute atomic E-state index is 0.157. The molecule has 1 fully saturated rings. The van der Waals surface area contributed by atoms with Gasteiger partial charge in [-0.1, -0.05) is 30.3 Å². The molecule has 0 aliphatic carbocycles. The number of hydrogen-bond donors (Lipinski definition) is 0. The van der Waals surface area contributed by atoms with E-state index in [1.165, 1.54) is 25.8 Å². The van der Waals surface area contributed by atoms with Gasteiger partial charge in [-0.2, -0.15) is 4.31 Å². The molecule has 0 aromatic heterocycles. The van der Waals surface area contributed by atoms with Gasteiger partial charge < -0.3 is 9.47 Å². The molecule has 0 radical (unpaired) electrons. The van der Waals surface area contributed by atoms with Gasteiger partial charge in [0.25, 0.3) is 0 Å². The van der Waals surface area contributed by atoms with Crippen LogP contribution in [0.3, 0.4) is 0 Å². The first-order valence-corrected chi connectivity index (χ1v) is 11.4. The molecule has 6 nitrogen and oxygen atoms in total. The van der Waals surface area contributed by atoms with E-state index in [1.54, 1.807) is 16.4 Å². The highest BCUT2D eigenvalue weighted by molar-refractivity contribution is 7.89. The summed E-state index contributed by atoms with van der Waals surface area (Å²) in [6.07, 6.45) is 2.09. The largest absolute Gasteiger partial charge is 0.497 e. The van der Waals surface area contributed by atoms with Crippen LogP contribution in [0.4, 0.5) is 0 Å². The normalized spacial score (nSPS) is 17.1. The molecule has 1 saturated heterocycles. The van der Waals surface area contributed by atoms with Crippen LogP contribution in [-0.4, -0.2) is 64.1 Å². The van der Waals surface area contributed by atoms with Crippen molar-refractivity contribution in [2.24, 2.45) is 0 Å². The summed E-state index contributed by atoms with van der Waals surface area (Å²) in [5, 5.41) is 0. The number of ether oxygens (including phenoxy) is 2. The number of benzene rings is 2. The molecule has 29 heavy (non-hydrogen) atoms. The second kappa shape index (κ2) is 9.61. The van der Waals surface area contributed by atoms with Gasteiger partial charge in [0.1, 0.15) is 16.4 Å². The van der Waals surface area contributed by atoms with E-state index in [0.29, 0.717) is 30.6 Å². The van der Waals surface area contributed by atoms with Gasteiger partial charge >= 0.3 is 0 Å². The van der Waals surface area contributed by atoms with E-state index in [1.807, 2.05) is 6.07 Å². The lowest BCUT2D eigenvalue weighted by Crippen LogP contribution is -2.51. The Morgan fingerprint density at radius 1 is 0.966 bits per heavy atom. The van der Waals surface area contributed by atoms with Gasteiger partial charge in [0, 0.05) is 38.3 Å². The Bertz CT molecular complexity index is 894. The van der Waals surface area contributed by atoms with Gasteiger partial charge in [0.15, 0.2) is 0 Å². The molecule has 0 N–H and O–H groups in total. The van der Waals surface area contributed by atoms with Crippen LogP contribution in [0.2, 0.25) is 0 Å². The topological polar surface area (TPSA) is 59.1 Å². The smallest absolute Gasteiger partial charge is 0.246 e. The summed E-state index contributed by atoms with van der Waals surface area (Å²) in [6.45, 7) is 4.61. The molecule has 0 bridgehead atoms. The SMILES string of the molecule is COc1ccc(OC)c(S(=O)(=O)N2CCN(C(C)CCc3ccccc3)CC2)c1. The van der Waals surface area contributed by atoms with E-state index < -0.39 is 10.0 Å². The number of nitrogens with zero attached hydrogens (tertiary/aromatic N) is 2. The molecule has 0 amide bonds. The molecule has 1 unspecified atom stereocenters. The maximum absolute atomic E-state index is 13.2. The molecule has 158 valence electrons. The van der Waals surface area contributed by atoms with Gasteiger partial charge in [0.2, 0.25) is 10.0 Å². The maximum Gasteiger partial charge on any atom is 0.246 e. The molecule has 2 aromatic rings. The Morgan fingerprint density at radius 2 is 1.66 bits per heavy atom. The van der Waals surface area contributed by atoms with Crippen molar-refractivity contribution in [3.05, 3.63) is 54.1 Å². The zero-order valence-electron chi connectivity index (χ0n) is 17.4. The van der Waals surface area contributed by atoms with Crippen molar-refractivity contribution in [2.45, 2.75) is 30.7 Å². The third-order valence-electron chi connectivity index (χ3n) is 5.58. The molecule has 1 atom stereocenters. The second-order valence-electron chi connectivity index (χ2n) is 7.33. The lowest BCUT2D eigenvalue weighted by atomic mass is 10.0. The van der Waals surface area contributed by atoms with Gasteiger partial charge in [0.05, 0.1) is 14.2 Å². The number of hydrogen-bond acceptors (Lipinski definition) is 5. The van der Waals surface area contributed by atoms with E-state index in [9.17, 15) is 8.42 Å². The van der Waals surface area contributed by atoms with E-state index in [0.717, 1.165) is 25.9 Å². The van der Waals surface area contributed by atoms with E-state index in [2.05, 4.69) is 36.1 Å². The van der Waals surface area contributed by atoms with Crippen molar-refractivity contribution in [3.8, 4) is 11.5 Å². The molecule has 0 spiro atoms. The van der Waals surface area contributed by atoms with Crippen LogP contribution in [0, 0.1) is 0 Å². The Balaban J connectivity index is 1.62. The van der Waals surface area contributed by atoms with Gasteiger partial charge in [-0.05, 0) is 37.5 Å². The lowest BCUT2D eigenvalue weighted by Gasteiger charge is -2.37. The van der Waals surface area contributed by atoms with Crippen LogP contribution in [0.1, 0.15) is 18.9 Å². The number of methoxy groups -OCH3 is 2. The molecule has 2 aromatic carbocycles. The van der Waals surface area contributed by atoms with Crippen LogP contribution in [0.5, 0.6) is 11.5 Å². The molecule has 7 heteroatoms. The van der Waals surface area contributed by atoms with Crippen LogP contribution < -0.4 is 9.47 Å². The van der Waals surface area contributed by atoms with Crippen LogP contribution in [0.25, 0.3) is 0 Å². The predicted molar refractivity (Wildman–Crippen MR) is 114 cm³/mol. The van der Waals surface area contributed by atoms with Gasteiger partial charge in [-0.15, -0.1) is 0 Å². The predicted octanol–water partition coefficient (Wildman–Crippen LogP) is 3.03. The minimum Gasteiger partial charge on any atom is -0.497 e. The molecule has 1 aliphatic heterocycles. The zero-order chi connectivity index (χ0) is 20.9. The third kappa shape index (κ3) is 5.10. The van der Waals surface area contributed by atoms with E-state index >= 15 is 0 Å². The fourth-order valence-corrected chi connectivity index (χ4v) is 5.31. The Morgan fingerprint density at radius 3 is 2.28 bits per heavy atom. The molecule has 0 saturated carbocycles. The first-order chi connectivity index (χ1) is 14.0. The van der Waals surface area contributed by atoms with E-state index in [-0.39, 0.29) is 4.90 Å². The molecule has 1 heterocycles. The number of sulfonamides is 1. The average Bonchev–Trinajstić information content (AvgIpc) is 2.77. The van der Waals surface area contributed by atoms with Crippen molar-refractivity contribution in [2.75, 3.05) is 40.4 Å². The van der Waals surface area contributed by atoms with Crippen molar-refractivity contribution in [1.29, 1.82) is 0 Å². The minimum atomic E-state index is -3.64. The number of aryl methyl sites for hydroxylation is 1. The molecule has 3 rings (SSSR count). The van der Waals surface area contributed by atoms with Crippen molar-refractivity contribution >= 4 is 10.0 Å².